The van der Waals surface area contributed by atoms with Gasteiger partial charge in [0.25, 0.3) is 11.7 Å². The third kappa shape index (κ3) is 1.88. The second-order valence-corrected chi connectivity index (χ2v) is 5.96. The summed E-state index contributed by atoms with van der Waals surface area (Å²) in [7, 11) is 0. The van der Waals surface area contributed by atoms with E-state index in [1.165, 1.54) is 18.9 Å². The van der Waals surface area contributed by atoms with Gasteiger partial charge in [0.2, 0.25) is 0 Å². The predicted molar refractivity (Wildman–Crippen MR) is 72.5 cm³/mol. The number of anilines is 2. The Morgan fingerprint density at radius 1 is 1.20 bits per heavy atom. The van der Waals surface area contributed by atoms with Gasteiger partial charge in [-0.05, 0) is 43.7 Å². The fourth-order valence-corrected chi connectivity index (χ4v) is 2.78. The number of fused-ring (bicyclic) bond motifs is 1. The topological polar surface area (TPSA) is 49.4 Å². The van der Waals surface area contributed by atoms with E-state index < -0.39 is 17.5 Å². The Labute approximate surface area is 115 Å². The van der Waals surface area contributed by atoms with Crippen LogP contribution in [0, 0.1) is 11.7 Å². The van der Waals surface area contributed by atoms with Crippen LogP contribution in [-0.2, 0) is 4.79 Å². The van der Waals surface area contributed by atoms with Crippen LogP contribution in [0.25, 0.3) is 0 Å². The minimum Gasteiger partial charge on any atom is -0.366 e. The van der Waals surface area contributed by atoms with E-state index in [1.54, 1.807) is 6.07 Å². The third-order valence-electron chi connectivity index (χ3n) is 4.23. The molecule has 1 N–H and O–H groups in total. The van der Waals surface area contributed by atoms with Gasteiger partial charge in [0.05, 0.1) is 16.9 Å². The van der Waals surface area contributed by atoms with Crippen molar-refractivity contribution < 1.29 is 14.0 Å². The first-order valence-corrected chi connectivity index (χ1v) is 7.09. The maximum Gasteiger partial charge on any atom is 0.296 e. The van der Waals surface area contributed by atoms with E-state index in [4.69, 9.17) is 0 Å². The molecule has 1 aromatic carbocycles. The van der Waals surface area contributed by atoms with Crippen LogP contribution >= 0.6 is 0 Å². The quantitative estimate of drug-likeness (QED) is 0.857. The van der Waals surface area contributed by atoms with Crippen LogP contribution in [0.5, 0.6) is 0 Å². The van der Waals surface area contributed by atoms with E-state index in [9.17, 15) is 14.0 Å². The number of halogens is 1. The van der Waals surface area contributed by atoms with Crippen LogP contribution in [-0.4, -0.2) is 24.3 Å². The number of nitrogens with zero attached hydrogens (tertiary/aromatic N) is 1. The highest BCUT2D eigenvalue weighted by atomic mass is 19.1. The molecule has 3 aliphatic rings. The zero-order valence-electron chi connectivity index (χ0n) is 11.0. The molecule has 0 bridgehead atoms. The number of rotatable bonds is 4. The second kappa shape index (κ2) is 4.04. The van der Waals surface area contributed by atoms with Gasteiger partial charge in [-0.3, -0.25) is 9.59 Å². The van der Waals surface area contributed by atoms with Crippen molar-refractivity contribution in [3.63, 3.8) is 0 Å². The number of carbonyl (C=O) groups excluding carboxylic acids is 2. The SMILES string of the molecule is O=C1Nc2cc(N(CC3CC3)C3CC3)c(F)cc2C1=O. The average Bonchev–Trinajstić information content (AvgIpc) is 3.30. The van der Waals surface area contributed by atoms with Crippen molar-refractivity contribution >= 4 is 23.1 Å². The first-order valence-electron chi connectivity index (χ1n) is 7.09. The van der Waals surface area contributed by atoms with Gasteiger partial charge in [0, 0.05) is 12.6 Å². The number of hydrogen-bond acceptors (Lipinski definition) is 3. The fourth-order valence-electron chi connectivity index (χ4n) is 2.78. The highest BCUT2D eigenvalue weighted by Gasteiger charge is 2.37. The first kappa shape index (κ1) is 11.9. The van der Waals surface area contributed by atoms with Crippen molar-refractivity contribution in [2.45, 2.75) is 31.7 Å². The number of benzene rings is 1. The van der Waals surface area contributed by atoms with E-state index in [1.807, 2.05) is 0 Å². The molecular formula is C15H15FN2O2. The van der Waals surface area contributed by atoms with Crippen molar-refractivity contribution in [2.75, 3.05) is 16.8 Å². The van der Waals surface area contributed by atoms with Gasteiger partial charge in [0.1, 0.15) is 5.82 Å². The molecule has 2 fully saturated rings. The summed E-state index contributed by atoms with van der Waals surface area (Å²) in [4.78, 5) is 25.0. The Balaban J connectivity index is 1.72. The highest BCUT2D eigenvalue weighted by molar-refractivity contribution is 6.51. The lowest BCUT2D eigenvalue weighted by Gasteiger charge is -2.25. The zero-order valence-corrected chi connectivity index (χ0v) is 11.0. The van der Waals surface area contributed by atoms with Gasteiger partial charge >= 0.3 is 0 Å². The van der Waals surface area contributed by atoms with Crippen molar-refractivity contribution in [1.29, 1.82) is 0 Å². The number of hydrogen-bond donors (Lipinski definition) is 1. The summed E-state index contributed by atoms with van der Waals surface area (Å²) in [6, 6.07) is 3.23. The van der Waals surface area contributed by atoms with E-state index in [0.717, 1.165) is 19.4 Å². The maximum atomic E-state index is 14.3. The van der Waals surface area contributed by atoms with Gasteiger partial charge in [-0.25, -0.2) is 4.39 Å². The van der Waals surface area contributed by atoms with E-state index in [-0.39, 0.29) is 5.56 Å². The van der Waals surface area contributed by atoms with E-state index in [2.05, 4.69) is 10.2 Å². The normalized spacial score (nSPS) is 20.9. The summed E-state index contributed by atoms with van der Waals surface area (Å²) in [5.41, 5.74) is 1.12. The monoisotopic (exact) mass is 274 g/mol. The summed E-state index contributed by atoms with van der Waals surface area (Å²) < 4.78 is 14.3. The Morgan fingerprint density at radius 2 is 1.95 bits per heavy atom. The summed E-state index contributed by atoms with van der Waals surface area (Å²) in [5, 5.41) is 2.52. The van der Waals surface area contributed by atoms with E-state index >= 15 is 0 Å². The molecule has 0 unspecified atom stereocenters. The maximum absolute atomic E-state index is 14.3. The minimum atomic E-state index is -0.670. The molecule has 104 valence electrons. The summed E-state index contributed by atoms with van der Waals surface area (Å²) >= 11 is 0. The van der Waals surface area contributed by atoms with Crippen molar-refractivity contribution in [1.82, 2.24) is 0 Å². The van der Waals surface area contributed by atoms with Crippen LogP contribution < -0.4 is 10.2 Å². The zero-order chi connectivity index (χ0) is 13.9. The Hall–Kier alpha value is -1.91. The molecule has 1 aliphatic heterocycles. The first-order chi connectivity index (χ1) is 9.63. The molecule has 2 saturated carbocycles. The molecule has 20 heavy (non-hydrogen) atoms. The molecular weight excluding hydrogens is 259 g/mol. The second-order valence-electron chi connectivity index (χ2n) is 5.96. The van der Waals surface area contributed by atoms with Gasteiger partial charge in [0.15, 0.2) is 0 Å². The summed E-state index contributed by atoms with van der Waals surface area (Å²) in [6.45, 7) is 0.877. The molecule has 1 amide bonds. The number of carbonyl (C=O) groups is 2. The van der Waals surface area contributed by atoms with Gasteiger partial charge in [-0.2, -0.15) is 0 Å². The molecule has 0 aromatic heterocycles. The molecule has 0 saturated heterocycles. The molecule has 1 aromatic rings. The van der Waals surface area contributed by atoms with Crippen molar-refractivity contribution in [3.8, 4) is 0 Å². The highest BCUT2D eigenvalue weighted by Crippen LogP contribution is 2.40. The fraction of sp³-hybridized carbons (Fsp3) is 0.467. The molecule has 2 aliphatic carbocycles. The van der Waals surface area contributed by atoms with Gasteiger partial charge in [-0.1, -0.05) is 0 Å². The van der Waals surface area contributed by atoms with Crippen molar-refractivity contribution in [2.24, 2.45) is 5.92 Å². The van der Waals surface area contributed by atoms with Crippen LogP contribution in [0.1, 0.15) is 36.0 Å². The van der Waals surface area contributed by atoms with Gasteiger partial charge < -0.3 is 10.2 Å². The lowest BCUT2D eigenvalue weighted by atomic mass is 10.1. The summed E-state index contributed by atoms with van der Waals surface area (Å²) in [5.74, 6) is -1.05. The number of amides is 1. The molecule has 0 spiro atoms. The van der Waals surface area contributed by atoms with Crippen LogP contribution in [0.4, 0.5) is 15.8 Å². The Bertz CT molecular complexity index is 621. The molecule has 1 heterocycles. The standard InChI is InChI=1S/C15H15FN2O2/c16-11-5-10-12(17-15(20)14(10)19)6-13(11)18(9-3-4-9)7-8-1-2-8/h5-6,8-9H,1-4,7H2,(H,17,19,20). The Kier molecular flexibility index (Phi) is 2.40. The molecule has 0 atom stereocenters. The number of nitrogens with one attached hydrogen (secondary N) is 1. The van der Waals surface area contributed by atoms with Crippen LogP contribution in [0.2, 0.25) is 0 Å². The van der Waals surface area contributed by atoms with Gasteiger partial charge in [-0.15, -0.1) is 0 Å². The number of ketones is 1. The summed E-state index contributed by atoms with van der Waals surface area (Å²) in [6.07, 6.45) is 4.61. The minimum absolute atomic E-state index is 0.151. The average molecular weight is 274 g/mol. The third-order valence-corrected chi connectivity index (χ3v) is 4.23. The lowest BCUT2D eigenvalue weighted by Crippen LogP contribution is -2.29. The predicted octanol–water partition coefficient (Wildman–Crippen LogP) is 2.34. The van der Waals surface area contributed by atoms with Crippen molar-refractivity contribution in [3.05, 3.63) is 23.5 Å². The molecule has 4 nitrogen and oxygen atoms in total. The van der Waals surface area contributed by atoms with Crippen LogP contribution in [0.15, 0.2) is 12.1 Å². The smallest absolute Gasteiger partial charge is 0.296 e. The molecule has 0 radical (unpaired) electrons. The molecule has 4 rings (SSSR count). The lowest BCUT2D eigenvalue weighted by molar-refractivity contribution is -0.112. The number of Topliss-reactive ketones (excluding diaryl/α,β-unsaturated/α-hetero) is 1. The Morgan fingerprint density at radius 3 is 2.60 bits per heavy atom. The largest absolute Gasteiger partial charge is 0.366 e. The van der Waals surface area contributed by atoms with E-state index in [0.29, 0.717) is 23.3 Å². The molecule has 5 heteroatoms. The van der Waals surface area contributed by atoms with Crippen LogP contribution in [0.3, 0.4) is 0 Å².